The smallest absolute Gasteiger partial charge is 0.130 e. The number of aromatic nitrogens is 1. The van der Waals surface area contributed by atoms with Gasteiger partial charge in [0.2, 0.25) is 0 Å². The van der Waals surface area contributed by atoms with Crippen LogP contribution in [0.3, 0.4) is 0 Å². The zero-order valence-electron chi connectivity index (χ0n) is 13.1. The lowest BCUT2D eigenvalue weighted by Crippen LogP contribution is -1.98. The molecule has 22 heavy (non-hydrogen) atoms. The minimum Gasteiger partial charge on any atom is -0.487 e. The minimum atomic E-state index is 0.315. The molecule has 0 radical (unpaired) electrons. The molecule has 3 nitrogen and oxygen atoms in total. The molecular formula is C19H25NO2. The van der Waals surface area contributed by atoms with Crippen LogP contribution in [-0.4, -0.2) is 16.7 Å². The van der Waals surface area contributed by atoms with E-state index < -0.39 is 0 Å². The third-order valence-corrected chi connectivity index (χ3v) is 3.63. The zero-order chi connectivity index (χ0) is 15.5. The van der Waals surface area contributed by atoms with Gasteiger partial charge in [0.1, 0.15) is 12.4 Å². The first-order valence-corrected chi connectivity index (χ1v) is 8.11. The van der Waals surface area contributed by atoms with Crippen molar-refractivity contribution in [2.45, 2.75) is 45.1 Å². The van der Waals surface area contributed by atoms with Crippen molar-refractivity contribution in [3.8, 4) is 5.75 Å². The maximum absolute atomic E-state index is 8.75. The average Bonchev–Trinajstić information content (AvgIpc) is 2.57. The first-order valence-electron chi connectivity index (χ1n) is 8.11. The van der Waals surface area contributed by atoms with Crippen molar-refractivity contribution in [3.05, 3.63) is 59.9 Å². The molecule has 1 aromatic heterocycles. The Labute approximate surface area is 133 Å². The molecule has 3 heteroatoms. The van der Waals surface area contributed by atoms with Crippen molar-refractivity contribution >= 4 is 0 Å². The van der Waals surface area contributed by atoms with E-state index in [0.717, 1.165) is 30.7 Å². The van der Waals surface area contributed by atoms with Gasteiger partial charge in [-0.3, -0.25) is 4.98 Å². The van der Waals surface area contributed by atoms with Crippen LogP contribution in [0.1, 0.15) is 43.4 Å². The van der Waals surface area contributed by atoms with Crippen LogP contribution in [0.4, 0.5) is 0 Å². The Bertz CT molecular complexity index is 528. The Kier molecular flexibility index (Phi) is 7.47. The summed E-state index contributed by atoms with van der Waals surface area (Å²) in [5, 5.41) is 8.75. The standard InChI is InChI=1S/C19H25NO2/c21-14-7-3-1-2-4-9-17-10-8-12-19(15-17)22-16-18-11-5-6-13-20-18/h5-6,8,10-13,15,21H,1-4,7,9,14,16H2. The van der Waals surface area contributed by atoms with Crippen molar-refractivity contribution in [2.75, 3.05) is 6.61 Å². The van der Waals surface area contributed by atoms with Crippen molar-refractivity contribution < 1.29 is 9.84 Å². The van der Waals surface area contributed by atoms with Crippen LogP contribution in [0.15, 0.2) is 48.7 Å². The van der Waals surface area contributed by atoms with Crippen LogP contribution in [0.2, 0.25) is 0 Å². The lowest BCUT2D eigenvalue weighted by atomic mass is 10.1. The predicted octanol–water partition coefficient (Wildman–Crippen LogP) is 4.15. The van der Waals surface area contributed by atoms with Gasteiger partial charge in [0.05, 0.1) is 5.69 Å². The number of hydrogen-bond acceptors (Lipinski definition) is 3. The number of ether oxygens (including phenoxy) is 1. The molecule has 0 aliphatic heterocycles. The highest BCUT2D eigenvalue weighted by atomic mass is 16.5. The van der Waals surface area contributed by atoms with Crippen LogP contribution in [0, 0.1) is 0 Å². The maximum atomic E-state index is 8.75. The molecule has 1 aromatic carbocycles. The number of nitrogens with zero attached hydrogens (tertiary/aromatic N) is 1. The number of pyridine rings is 1. The van der Waals surface area contributed by atoms with Gasteiger partial charge >= 0.3 is 0 Å². The maximum Gasteiger partial charge on any atom is 0.130 e. The van der Waals surface area contributed by atoms with Crippen molar-refractivity contribution in [2.24, 2.45) is 0 Å². The van der Waals surface area contributed by atoms with E-state index in [1.165, 1.54) is 24.8 Å². The molecule has 1 N–H and O–H groups in total. The van der Waals surface area contributed by atoms with Crippen LogP contribution >= 0.6 is 0 Å². The number of aliphatic hydroxyl groups excluding tert-OH is 1. The highest BCUT2D eigenvalue weighted by Gasteiger charge is 1.99. The molecule has 0 saturated heterocycles. The summed E-state index contributed by atoms with van der Waals surface area (Å²) in [5.41, 5.74) is 2.26. The largest absolute Gasteiger partial charge is 0.487 e. The van der Waals surface area contributed by atoms with Crippen LogP contribution < -0.4 is 4.74 Å². The van der Waals surface area contributed by atoms with Crippen LogP contribution in [0.25, 0.3) is 0 Å². The van der Waals surface area contributed by atoms with E-state index >= 15 is 0 Å². The topological polar surface area (TPSA) is 42.4 Å². The molecule has 0 aliphatic carbocycles. The first-order chi connectivity index (χ1) is 10.9. The summed E-state index contributed by atoms with van der Waals surface area (Å²) < 4.78 is 5.80. The quantitative estimate of drug-likeness (QED) is 0.670. The van der Waals surface area contributed by atoms with Crippen molar-refractivity contribution in [1.82, 2.24) is 4.98 Å². The van der Waals surface area contributed by atoms with Gasteiger partial charge in [0.15, 0.2) is 0 Å². The monoisotopic (exact) mass is 299 g/mol. The van der Waals surface area contributed by atoms with Crippen molar-refractivity contribution in [3.63, 3.8) is 0 Å². The Morgan fingerprint density at radius 3 is 2.59 bits per heavy atom. The minimum absolute atomic E-state index is 0.315. The Morgan fingerprint density at radius 2 is 1.77 bits per heavy atom. The molecular weight excluding hydrogens is 274 g/mol. The van der Waals surface area contributed by atoms with E-state index in [-0.39, 0.29) is 0 Å². The molecule has 0 spiro atoms. The molecule has 0 saturated carbocycles. The van der Waals surface area contributed by atoms with E-state index in [4.69, 9.17) is 9.84 Å². The zero-order valence-corrected chi connectivity index (χ0v) is 13.1. The predicted molar refractivity (Wildman–Crippen MR) is 88.9 cm³/mol. The van der Waals surface area contributed by atoms with E-state index in [0.29, 0.717) is 13.2 Å². The van der Waals surface area contributed by atoms with E-state index in [9.17, 15) is 0 Å². The highest BCUT2D eigenvalue weighted by Crippen LogP contribution is 2.17. The second-order valence-corrected chi connectivity index (χ2v) is 5.50. The van der Waals surface area contributed by atoms with Crippen LogP contribution in [0.5, 0.6) is 5.75 Å². The second-order valence-electron chi connectivity index (χ2n) is 5.50. The fraction of sp³-hybridized carbons (Fsp3) is 0.421. The van der Waals surface area contributed by atoms with Gasteiger partial charge in [-0.25, -0.2) is 0 Å². The van der Waals surface area contributed by atoms with E-state index in [2.05, 4.69) is 23.2 Å². The first kappa shape index (κ1) is 16.5. The molecule has 0 bridgehead atoms. The Morgan fingerprint density at radius 1 is 0.909 bits per heavy atom. The average molecular weight is 299 g/mol. The summed E-state index contributed by atoms with van der Waals surface area (Å²) in [7, 11) is 0. The Balaban J connectivity index is 1.72. The number of unbranched alkanes of at least 4 members (excludes halogenated alkanes) is 4. The van der Waals surface area contributed by atoms with Gasteiger partial charge in [-0.05, 0) is 49.1 Å². The fourth-order valence-electron chi connectivity index (χ4n) is 2.40. The van der Waals surface area contributed by atoms with E-state index in [1.807, 2.05) is 24.3 Å². The number of hydrogen-bond donors (Lipinski definition) is 1. The molecule has 0 unspecified atom stereocenters. The van der Waals surface area contributed by atoms with Gasteiger partial charge in [0.25, 0.3) is 0 Å². The van der Waals surface area contributed by atoms with Gasteiger partial charge in [-0.1, -0.05) is 37.5 Å². The summed E-state index contributed by atoms with van der Waals surface area (Å²) in [4.78, 5) is 4.26. The Hall–Kier alpha value is -1.87. The van der Waals surface area contributed by atoms with Crippen LogP contribution in [-0.2, 0) is 13.0 Å². The van der Waals surface area contributed by atoms with Gasteiger partial charge < -0.3 is 9.84 Å². The second kappa shape index (κ2) is 9.96. The molecule has 2 aromatic rings. The van der Waals surface area contributed by atoms with Gasteiger partial charge in [0, 0.05) is 12.8 Å². The molecule has 118 valence electrons. The molecule has 0 fully saturated rings. The SMILES string of the molecule is OCCCCCCCc1cccc(OCc2ccccn2)c1. The fourth-order valence-corrected chi connectivity index (χ4v) is 2.40. The lowest BCUT2D eigenvalue weighted by molar-refractivity contribution is 0.282. The molecule has 2 rings (SSSR count). The normalized spacial score (nSPS) is 10.6. The summed E-state index contributed by atoms with van der Waals surface area (Å²) in [5.74, 6) is 0.906. The molecule has 0 amide bonds. The number of rotatable bonds is 10. The third-order valence-electron chi connectivity index (χ3n) is 3.63. The highest BCUT2D eigenvalue weighted by molar-refractivity contribution is 5.28. The molecule has 1 heterocycles. The summed E-state index contributed by atoms with van der Waals surface area (Å²) in [6.07, 6.45) is 8.54. The summed E-state index contributed by atoms with van der Waals surface area (Å²) >= 11 is 0. The number of aliphatic hydroxyl groups is 1. The number of aryl methyl sites for hydroxylation is 1. The number of benzene rings is 1. The van der Waals surface area contributed by atoms with Crippen molar-refractivity contribution in [1.29, 1.82) is 0 Å². The summed E-state index contributed by atoms with van der Waals surface area (Å²) in [6.45, 7) is 0.821. The van der Waals surface area contributed by atoms with Gasteiger partial charge in [-0.2, -0.15) is 0 Å². The van der Waals surface area contributed by atoms with Gasteiger partial charge in [-0.15, -0.1) is 0 Å². The molecule has 0 aliphatic rings. The third kappa shape index (κ3) is 6.27. The molecule has 0 atom stereocenters. The van der Waals surface area contributed by atoms with E-state index in [1.54, 1.807) is 6.20 Å². The lowest BCUT2D eigenvalue weighted by Gasteiger charge is -2.08. The summed E-state index contributed by atoms with van der Waals surface area (Å²) in [6, 6.07) is 14.2.